The lowest BCUT2D eigenvalue weighted by molar-refractivity contribution is 0.685. The summed E-state index contributed by atoms with van der Waals surface area (Å²) in [6, 6.07) is 0. The fraction of sp³-hybridized carbons (Fsp3) is 0. The molecule has 0 aromatic rings. The lowest BCUT2D eigenvalue weighted by Gasteiger charge is -0.344. The second kappa shape index (κ2) is 376. The van der Waals surface area contributed by atoms with Crippen LogP contribution < -0.4 is 6.15 Å². The van der Waals surface area contributed by atoms with E-state index in [1.165, 1.54) is 0 Å². The highest BCUT2D eigenvalue weighted by Gasteiger charge is 0.00201. The third kappa shape index (κ3) is 50.7. The first-order valence-electron chi connectivity index (χ1n) is 0. The Balaban J connectivity index is 0. The molecule has 0 atom stereocenters. The maximum atomic E-state index is 0. The summed E-state index contributed by atoms with van der Waals surface area (Å²) in [4.78, 5) is 0. The molecule has 0 amide bonds. The molecule has 3 N–H and O–H groups in total. The summed E-state index contributed by atoms with van der Waals surface area (Å²) in [5, 5.41) is 0. The van der Waals surface area contributed by atoms with E-state index in [1.54, 1.807) is 0 Å². The lowest BCUT2D eigenvalue weighted by Crippen LogP contribution is -0.481. The van der Waals surface area contributed by atoms with E-state index >= 15 is 0 Å². The Bertz CT molecular complexity index is 3.25. The van der Waals surface area contributed by atoms with Gasteiger partial charge in [0.1, 0.15) is 0 Å². The molecule has 0 rings (SSSR count). The number of rotatable bonds is 0. The topological polar surface area (TPSA) is 120 Å². The van der Waals surface area contributed by atoms with E-state index in [0.29, 0.717) is 0 Å². The van der Waals surface area contributed by atoms with Crippen molar-refractivity contribution in [3.05, 3.63) is 0 Å². The van der Waals surface area contributed by atoms with E-state index in [0.717, 1.165) is 0 Å². The van der Waals surface area contributed by atoms with Crippen molar-refractivity contribution < 1.29 is 16.4 Å². The Morgan fingerprint density at radius 1 is 0.500 bits per heavy atom. The molecule has 0 aromatic heterocycles. The molecule has 0 spiro atoms. The van der Waals surface area contributed by atoms with Crippen molar-refractivity contribution in [2.24, 2.45) is 0 Å². The predicted molar refractivity (Wildman–Crippen MR) is 7.08 cm³/mol. The van der Waals surface area contributed by atoms with Crippen LogP contribution in [0.1, 0.15) is 0 Å². The standard InChI is InChI=1S/H3N.3O/h1H3;;;. The second-order valence-electron chi connectivity index (χ2n) is 0. The zero-order valence-corrected chi connectivity index (χ0v) is 1.93. The van der Waals surface area contributed by atoms with Crippen molar-refractivity contribution >= 4 is 0 Å². The second-order valence-corrected chi connectivity index (χ2v) is 0. The zero-order valence-electron chi connectivity index (χ0n) is 1.93. The molecule has 4 heteroatoms. The number of hydrogen-bond donors (Lipinski definition) is 1. The van der Waals surface area contributed by atoms with Crippen molar-refractivity contribution in [1.29, 1.82) is 0 Å². The maximum Gasteiger partial charge on any atom is 0 e. The molecule has 26 valence electrons. The highest BCUT2D eigenvalue weighted by atomic mass is 16.0. The van der Waals surface area contributed by atoms with Gasteiger partial charge in [-0.1, -0.05) is 0 Å². The Morgan fingerprint density at radius 3 is 0.500 bits per heavy atom. The molecule has 0 aromatic carbocycles. The molecular weight excluding hydrogens is 62.0 g/mol. The van der Waals surface area contributed by atoms with Crippen LogP contribution in [-0.4, -0.2) is 0 Å². The monoisotopic (exact) mass is 65.0 g/mol. The van der Waals surface area contributed by atoms with Crippen LogP contribution in [0.2, 0.25) is 0 Å². The average molecular weight is 65.0 g/mol. The minimum Gasteiger partial charge on any atom is -0.344 e. The van der Waals surface area contributed by atoms with Crippen LogP contribution in [0.5, 0.6) is 0 Å². The van der Waals surface area contributed by atoms with Crippen LogP contribution in [0.15, 0.2) is 0 Å². The van der Waals surface area contributed by atoms with Crippen LogP contribution in [-0.2, 0) is 16.4 Å². The molecule has 0 aliphatic rings. The molecule has 0 unspecified atom stereocenters. The summed E-state index contributed by atoms with van der Waals surface area (Å²) in [5.41, 5.74) is 0. The SMILES string of the molecule is N.[O].[O].[O]. The smallest absolute Gasteiger partial charge is 0 e. The molecule has 0 saturated carbocycles. The fourth-order valence-corrected chi connectivity index (χ4v) is 0. The Labute approximate surface area is 23.9 Å². The van der Waals surface area contributed by atoms with Gasteiger partial charge in [-0.15, -0.1) is 0 Å². The summed E-state index contributed by atoms with van der Waals surface area (Å²) in [7, 11) is 0. The largest absolute Gasteiger partial charge is 0.344 e. The Morgan fingerprint density at radius 2 is 0.500 bits per heavy atom. The van der Waals surface area contributed by atoms with E-state index in [1.807, 2.05) is 0 Å². The van der Waals surface area contributed by atoms with Gasteiger partial charge >= 0.3 is 0 Å². The minimum absolute atomic E-state index is 0. The van der Waals surface area contributed by atoms with Crippen molar-refractivity contribution in [2.75, 3.05) is 0 Å². The average Bonchev–Trinajstić information content (AvgIpc) is 0. The molecule has 0 fully saturated rings. The van der Waals surface area contributed by atoms with Crippen molar-refractivity contribution in [3.63, 3.8) is 0 Å². The van der Waals surface area contributed by atoms with E-state index in [9.17, 15) is 0 Å². The molecule has 6 radical (unpaired) electrons. The van der Waals surface area contributed by atoms with Gasteiger partial charge in [0.25, 0.3) is 0 Å². The summed E-state index contributed by atoms with van der Waals surface area (Å²) in [5.74, 6) is 0. The van der Waals surface area contributed by atoms with Gasteiger partial charge < -0.3 is 6.15 Å². The van der Waals surface area contributed by atoms with Gasteiger partial charge in [-0.25, -0.2) is 0 Å². The highest BCUT2D eigenvalue weighted by Crippen LogP contribution is -0.117. The molecule has 0 saturated heterocycles. The zero-order chi connectivity index (χ0) is 0. The minimum atomic E-state index is 0. The first-order chi connectivity index (χ1) is 0. The molecule has 4 heavy (non-hydrogen) atoms. The van der Waals surface area contributed by atoms with Crippen LogP contribution >= 0.6 is 0 Å². The summed E-state index contributed by atoms with van der Waals surface area (Å²) < 4.78 is 0. The molecule has 4 nitrogen and oxygen atoms in total. The van der Waals surface area contributed by atoms with Gasteiger partial charge in [-0.3, -0.25) is 0 Å². The fourth-order valence-electron chi connectivity index (χ4n) is 0. The normalized spacial score (nSPS) is 0. The van der Waals surface area contributed by atoms with Crippen molar-refractivity contribution in [2.45, 2.75) is 0 Å². The van der Waals surface area contributed by atoms with Crippen LogP contribution in [0.3, 0.4) is 0 Å². The van der Waals surface area contributed by atoms with Gasteiger partial charge in [-0.2, -0.15) is 0 Å². The molecule has 0 bridgehead atoms. The third-order valence-corrected chi connectivity index (χ3v) is 0. The molecule has 0 aliphatic carbocycles. The van der Waals surface area contributed by atoms with E-state index < -0.39 is 0 Å². The summed E-state index contributed by atoms with van der Waals surface area (Å²) >= 11 is 0. The van der Waals surface area contributed by atoms with E-state index in [4.69, 9.17) is 0 Å². The summed E-state index contributed by atoms with van der Waals surface area (Å²) in [6.45, 7) is 0. The first-order valence-corrected chi connectivity index (χ1v) is 0. The molecular formula is H3NO3. The van der Waals surface area contributed by atoms with Crippen LogP contribution in [0.25, 0.3) is 0 Å². The third-order valence-electron chi connectivity index (χ3n) is 0. The lowest BCUT2D eigenvalue weighted by atomic mass is 14.0. The van der Waals surface area contributed by atoms with Gasteiger partial charge in [-0.05, 0) is 0 Å². The highest BCUT2D eigenvalue weighted by molar-refractivity contribution is 2.13. The maximum absolute atomic E-state index is 0. The van der Waals surface area contributed by atoms with Gasteiger partial charge in [0.15, 0.2) is 0 Å². The van der Waals surface area contributed by atoms with Gasteiger partial charge in [0.05, 0.1) is 0 Å². The van der Waals surface area contributed by atoms with Gasteiger partial charge in [0.2, 0.25) is 0 Å². The molecule has 0 heterocycles. The molecule has 0 aliphatic heterocycles. The summed E-state index contributed by atoms with van der Waals surface area (Å²) in [6.07, 6.45) is 0. The Kier molecular flexibility index (Phi) is 114000. The quantitative estimate of drug-likeness (QED) is 0.413. The van der Waals surface area contributed by atoms with E-state index in [2.05, 4.69) is 0 Å². The predicted octanol–water partition coefficient (Wildman–Crippen LogP) is -0.194. The van der Waals surface area contributed by atoms with Crippen molar-refractivity contribution in [3.8, 4) is 0 Å². The first kappa shape index (κ1) is 1210. The van der Waals surface area contributed by atoms with Gasteiger partial charge in [0, 0.05) is 16.4 Å². The van der Waals surface area contributed by atoms with E-state index in [-0.39, 0.29) is 22.6 Å². The van der Waals surface area contributed by atoms with Crippen molar-refractivity contribution in [1.82, 2.24) is 6.15 Å². The van der Waals surface area contributed by atoms with Crippen LogP contribution in [0, 0.1) is 0 Å². The Hall–Kier alpha value is -0.160. The van der Waals surface area contributed by atoms with Crippen LogP contribution in [0.4, 0.5) is 0 Å². The number of hydrogen-bond acceptors (Lipinski definition) is 1.